The van der Waals surface area contributed by atoms with E-state index in [-0.39, 0.29) is 6.42 Å². The largest absolute Gasteiger partial charge is 0.417 e. The molecule has 11 heteroatoms. The van der Waals surface area contributed by atoms with Crippen LogP contribution >= 0.6 is 11.3 Å². The highest BCUT2D eigenvalue weighted by Gasteiger charge is 2.51. The molecule has 2 aromatic rings. The maximum Gasteiger partial charge on any atom is 0.417 e. The molecular formula is C16H15F4N3O3S. The lowest BCUT2D eigenvalue weighted by Crippen LogP contribution is -2.49. The smallest absolute Gasteiger partial charge is 0.380 e. The van der Waals surface area contributed by atoms with Crippen LogP contribution in [-0.4, -0.2) is 33.7 Å². The Hall–Kier alpha value is -2.53. The van der Waals surface area contributed by atoms with Crippen molar-refractivity contribution in [2.24, 2.45) is 0 Å². The van der Waals surface area contributed by atoms with Crippen LogP contribution in [0.15, 0.2) is 29.6 Å². The molecule has 0 aliphatic rings. The Morgan fingerprint density at radius 3 is 2.33 bits per heavy atom. The summed E-state index contributed by atoms with van der Waals surface area (Å²) in [6.07, 6.45) is -6.47. The van der Waals surface area contributed by atoms with Crippen molar-refractivity contribution in [3.05, 3.63) is 41.2 Å². The van der Waals surface area contributed by atoms with E-state index in [2.05, 4.69) is 4.98 Å². The zero-order valence-electron chi connectivity index (χ0n) is 13.9. The van der Waals surface area contributed by atoms with Crippen molar-refractivity contribution >= 4 is 23.2 Å². The Morgan fingerprint density at radius 2 is 1.74 bits per heavy atom. The van der Waals surface area contributed by atoms with Crippen molar-refractivity contribution in [1.29, 1.82) is 0 Å². The monoisotopic (exact) mass is 405 g/mol. The number of carbonyl (C=O) groups is 2. The van der Waals surface area contributed by atoms with Gasteiger partial charge >= 0.3 is 6.18 Å². The Balaban J connectivity index is 1.86. The molecule has 0 aliphatic carbocycles. The fraction of sp³-hybridized carbons (Fsp3) is 0.312. The first kappa shape index (κ1) is 20.8. The molecule has 6 nitrogen and oxygen atoms in total. The number of nitrogens with one attached hydrogen (secondary N) is 2. The molecule has 0 radical (unpaired) electrons. The van der Waals surface area contributed by atoms with Gasteiger partial charge in [-0.05, 0) is 31.2 Å². The van der Waals surface area contributed by atoms with Gasteiger partial charge in [-0.3, -0.25) is 20.4 Å². The summed E-state index contributed by atoms with van der Waals surface area (Å²) in [6.45, 7) is 0.459. The predicted molar refractivity (Wildman–Crippen MR) is 88.8 cm³/mol. The number of thiazole rings is 1. The molecule has 2 rings (SSSR count). The molecule has 27 heavy (non-hydrogen) atoms. The number of aromatic nitrogens is 1. The third kappa shape index (κ3) is 5.73. The van der Waals surface area contributed by atoms with Gasteiger partial charge < -0.3 is 5.11 Å². The van der Waals surface area contributed by atoms with Gasteiger partial charge in [0.05, 0.1) is 18.5 Å². The lowest BCUT2D eigenvalue weighted by atomic mass is 10.0. The molecule has 1 heterocycles. The van der Waals surface area contributed by atoms with Gasteiger partial charge in [0, 0.05) is 10.9 Å². The van der Waals surface area contributed by atoms with E-state index in [1.807, 2.05) is 10.9 Å². The predicted octanol–water partition coefficient (Wildman–Crippen LogP) is 2.34. The number of rotatable bonds is 5. The summed E-state index contributed by atoms with van der Waals surface area (Å²) < 4.78 is 50.4. The van der Waals surface area contributed by atoms with Gasteiger partial charge in [-0.2, -0.15) is 13.2 Å². The molecule has 146 valence electrons. The lowest BCUT2D eigenvalue weighted by molar-refractivity contribution is -0.253. The van der Waals surface area contributed by atoms with Gasteiger partial charge in [0.1, 0.15) is 10.8 Å². The topological polar surface area (TPSA) is 91.3 Å². The second-order valence-corrected chi connectivity index (χ2v) is 6.73. The summed E-state index contributed by atoms with van der Waals surface area (Å²) in [4.78, 5) is 27.4. The first-order chi connectivity index (χ1) is 12.5. The number of hydrogen-bond acceptors (Lipinski definition) is 5. The van der Waals surface area contributed by atoms with E-state index in [0.29, 0.717) is 23.2 Å². The number of alkyl halides is 3. The van der Waals surface area contributed by atoms with E-state index in [4.69, 9.17) is 0 Å². The van der Waals surface area contributed by atoms with Crippen molar-refractivity contribution in [3.63, 3.8) is 0 Å². The molecule has 0 saturated heterocycles. The van der Waals surface area contributed by atoms with Gasteiger partial charge in [0.2, 0.25) is 11.8 Å². The normalized spacial score (nSPS) is 13.7. The van der Waals surface area contributed by atoms with Gasteiger partial charge in [-0.1, -0.05) is 0 Å². The number of halogens is 4. The molecule has 0 saturated carbocycles. The number of aliphatic hydroxyl groups is 1. The van der Waals surface area contributed by atoms with E-state index in [1.54, 1.807) is 5.38 Å². The number of hydrogen-bond donors (Lipinski definition) is 3. The van der Waals surface area contributed by atoms with E-state index < -0.39 is 35.8 Å². The average Bonchev–Trinajstić information content (AvgIpc) is 3.00. The summed E-state index contributed by atoms with van der Waals surface area (Å²) in [7, 11) is 0. The minimum absolute atomic E-state index is 0.229. The zero-order valence-corrected chi connectivity index (χ0v) is 14.7. The first-order valence-corrected chi connectivity index (χ1v) is 8.43. The van der Waals surface area contributed by atoms with Gasteiger partial charge in [0.15, 0.2) is 5.60 Å². The molecular weight excluding hydrogens is 390 g/mol. The van der Waals surface area contributed by atoms with Crippen LogP contribution in [0.25, 0.3) is 10.6 Å². The number of carbonyl (C=O) groups excluding carboxylic acids is 2. The summed E-state index contributed by atoms with van der Waals surface area (Å²) in [5.74, 6) is -2.29. The fourth-order valence-corrected chi connectivity index (χ4v) is 2.74. The molecule has 0 aliphatic heterocycles. The first-order valence-electron chi connectivity index (χ1n) is 7.55. The summed E-state index contributed by atoms with van der Waals surface area (Å²) in [6, 6.07) is 5.61. The van der Waals surface area contributed by atoms with Crippen LogP contribution in [0.4, 0.5) is 17.6 Å². The van der Waals surface area contributed by atoms with Crippen molar-refractivity contribution in [2.75, 3.05) is 0 Å². The van der Waals surface area contributed by atoms with Crippen LogP contribution < -0.4 is 10.9 Å². The average molecular weight is 405 g/mol. The van der Waals surface area contributed by atoms with Crippen LogP contribution in [0.3, 0.4) is 0 Å². The standard InChI is InChI=1S/C16H15F4N3O3S/c1-15(26,16(18,19)20)7-13(25)23-22-12(24)6-11-8-27-14(21-11)9-2-4-10(17)5-3-9/h2-5,8,26H,6-7H2,1H3,(H,22,24)(H,23,25)/t15-/m1/s1. The molecule has 0 fully saturated rings. The van der Waals surface area contributed by atoms with Crippen molar-refractivity contribution < 1.29 is 32.3 Å². The maximum absolute atomic E-state index is 12.9. The molecule has 0 unspecified atom stereocenters. The maximum atomic E-state index is 12.9. The molecule has 0 spiro atoms. The van der Waals surface area contributed by atoms with Crippen molar-refractivity contribution in [3.8, 4) is 10.6 Å². The second kappa shape index (κ2) is 8.01. The number of amides is 2. The van der Waals surface area contributed by atoms with Crippen molar-refractivity contribution in [1.82, 2.24) is 15.8 Å². The third-order valence-corrected chi connectivity index (χ3v) is 4.38. The quantitative estimate of drug-likeness (QED) is 0.526. The molecule has 1 aromatic carbocycles. The summed E-state index contributed by atoms with van der Waals surface area (Å²) >= 11 is 1.23. The van der Waals surface area contributed by atoms with E-state index >= 15 is 0 Å². The van der Waals surface area contributed by atoms with E-state index in [0.717, 1.165) is 0 Å². The van der Waals surface area contributed by atoms with Crippen LogP contribution in [0.2, 0.25) is 0 Å². The third-order valence-electron chi connectivity index (χ3n) is 3.44. The highest BCUT2D eigenvalue weighted by Crippen LogP contribution is 2.32. The molecule has 0 bridgehead atoms. The zero-order chi connectivity index (χ0) is 20.2. The highest BCUT2D eigenvalue weighted by molar-refractivity contribution is 7.13. The van der Waals surface area contributed by atoms with Crippen LogP contribution in [0.5, 0.6) is 0 Å². The molecule has 1 atom stereocenters. The number of nitrogens with zero attached hydrogens (tertiary/aromatic N) is 1. The molecule has 3 N–H and O–H groups in total. The number of benzene rings is 1. The Bertz CT molecular complexity index is 819. The molecule has 1 aromatic heterocycles. The highest BCUT2D eigenvalue weighted by atomic mass is 32.1. The minimum Gasteiger partial charge on any atom is -0.380 e. The SMILES string of the molecule is C[C@@](O)(CC(=O)NNC(=O)Cc1csc(-c2ccc(F)cc2)n1)C(F)(F)F. The van der Waals surface area contributed by atoms with E-state index in [9.17, 15) is 32.3 Å². The second-order valence-electron chi connectivity index (χ2n) is 5.87. The Labute approximate surface area is 155 Å². The van der Waals surface area contributed by atoms with Gasteiger partial charge in [0.25, 0.3) is 0 Å². The Kier molecular flexibility index (Phi) is 6.16. The Morgan fingerprint density at radius 1 is 1.15 bits per heavy atom. The fourth-order valence-electron chi connectivity index (χ4n) is 1.92. The van der Waals surface area contributed by atoms with Crippen LogP contribution in [0.1, 0.15) is 19.0 Å². The van der Waals surface area contributed by atoms with Gasteiger partial charge in [-0.15, -0.1) is 11.3 Å². The summed E-state index contributed by atoms with van der Waals surface area (Å²) in [5.41, 5.74) is 1.59. The van der Waals surface area contributed by atoms with Crippen LogP contribution in [0, 0.1) is 5.82 Å². The molecule has 2 amide bonds. The van der Waals surface area contributed by atoms with Crippen molar-refractivity contribution in [2.45, 2.75) is 31.5 Å². The van der Waals surface area contributed by atoms with E-state index in [1.165, 1.54) is 35.6 Å². The van der Waals surface area contributed by atoms with Crippen LogP contribution in [-0.2, 0) is 16.0 Å². The summed E-state index contributed by atoms with van der Waals surface area (Å²) in [5, 5.41) is 11.4. The lowest BCUT2D eigenvalue weighted by Gasteiger charge is -2.25. The number of hydrazine groups is 1. The van der Waals surface area contributed by atoms with Gasteiger partial charge in [-0.25, -0.2) is 9.37 Å². The minimum atomic E-state index is -4.98.